The normalized spacial score (nSPS) is 49.7. The third-order valence-electron chi connectivity index (χ3n) is 8.41. The van der Waals surface area contributed by atoms with Gasteiger partial charge in [-0.05, 0) is 56.8 Å². The van der Waals surface area contributed by atoms with Crippen LogP contribution in [0.3, 0.4) is 0 Å². The van der Waals surface area contributed by atoms with Crippen molar-refractivity contribution in [2.75, 3.05) is 5.88 Å². The van der Waals surface area contributed by atoms with Crippen LogP contribution >= 0.6 is 34.8 Å². The van der Waals surface area contributed by atoms with Crippen molar-refractivity contribution in [2.45, 2.75) is 55.9 Å². The summed E-state index contributed by atoms with van der Waals surface area (Å²) in [6.45, 7) is 5.95. The molecule has 4 aliphatic rings. The average molecular weight is 444 g/mol. The Kier molecular flexibility index (Phi) is 4.57. The van der Waals surface area contributed by atoms with Gasteiger partial charge in [0, 0.05) is 16.7 Å². The molecule has 2 saturated carbocycles. The third-order valence-corrected chi connectivity index (χ3v) is 10.2. The molecule has 1 N–H and O–H groups in total. The molecule has 0 bridgehead atoms. The molecular weight excluding hydrogens is 419 g/mol. The zero-order valence-electron chi connectivity index (χ0n) is 16.3. The lowest BCUT2D eigenvalue weighted by Gasteiger charge is -2.63. The van der Waals surface area contributed by atoms with Crippen molar-refractivity contribution in [3.63, 3.8) is 0 Å². The number of alkyl halides is 3. The van der Waals surface area contributed by atoms with E-state index < -0.39 is 26.7 Å². The summed E-state index contributed by atoms with van der Waals surface area (Å²) in [6, 6.07) is 0. The van der Waals surface area contributed by atoms with Gasteiger partial charge in [-0.3, -0.25) is 9.59 Å². The van der Waals surface area contributed by atoms with Crippen LogP contribution < -0.4 is 0 Å². The molecule has 0 saturated heterocycles. The Labute approximate surface area is 180 Å². The maximum absolute atomic E-state index is 12.6. The predicted molar refractivity (Wildman–Crippen MR) is 112 cm³/mol. The van der Waals surface area contributed by atoms with Gasteiger partial charge in [0.1, 0.15) is 5.60 Å². The lowest BCUT2D eigenvalue weighted by molar-refractivity contribution is -0.154. The molecule has 28 heavy (non-hydrogen) atoms. The highest BCUT2D eigenvalue weighted by Crippen LogP contribution is 2.71. The van der Waals surface area contributed by atoms with Crippen LogP contribution in [0.5, 0.6) is 0 Å². The average Bonchev–Trinajstić information content (AvgIpc) is 2.89. The Morgan fingerprint density at radius 2 is 2.00 bits per heavy atom. The lowest BCUT2D eigenvalue weighted by Crippen LogP contribution is -2.67. The molecule has 4 aliphatic carbocycles. The van der Waals surface area contributed by atoms with Gasteiger partial charge in [0.15, 0.2) is 11.6 Å². The van der Waals surface area contributed by atoms with Gasteiger partial charge in [-0.25, -0.2) is 0 Å². The smallest absolute Gasteiger partial charge is 0.179 e. The van der Waals surface area contributed by atoms with Crippen molar-refractivity contribution >= 4 is 46.4 Å². The topological polar surface area (TPSA) is 54.4 Å². The first-order valence-electron chi connectivity index (χ1n) is 9.74. The molecule has 0 radical (unpaired) electrons. The van der Waals surface area contributed by atoms with Gasteiger partial charge in [0.25, 0.3) is 0 Å². The van der Waals surface area contributed by atoms with Gasteiger partial charge in [-0.1, -0.05) is 24.6 Å². The number of allylic oxidation sites excluding steroid dienone is 6. The summed E-state index contributed by atoms with van der Waals surface area (Å²) >= 11 is 20.3. The van der Waals surface area contributed by atoms with E-state index in [0.717, 1.165) is 11.1 Å². The molecule has 7 atom stereocenters. The monoisotopic (exact) mass is 442 g/mol. The van der Waals surface area contributed by atoms with E-state index in [1.54, 1.807) is 12.2 Å². The van der Waals surface area contributed by atoms with Crippen LogP contribution in [0, 0.1) is 22.7 Å². The standard InChI is InChI=1S/C22H25Cl3O3/c1-12-8-14(26)9-13-4-5-16-15-6-7-21(28,18(27)11-23)19(15,2)10-17(24)22(16,25)20(12,13)3/h4-5,8-9,15-17,28H,6-7,10-11H2,1-3H3/t15-,16-,17?,19-,20-,21-,22-/m0/s1. The summed E-state index contributed by atoms with van der Waals surface area (Å²) < 4.78 is 0. The van der Waals surface area contributed by atoms with Crippen molar-refractivity contribution in [2.24, 2.45) is 22.7 Å². The summed E-state index contributed by atoms with van der Waals surface area (Å²) in [5, 5.41) is 10.9. The van der Waals surface area contributed by atoms with E-state index in [4.69, 9.17) is 34.8 Å². The molecule has 0 aromatic rings. The number of fused-ring (bicyclic) bond motifs is 5. The third kappa shape index (κ3) is 2.17. The summed E-state index contributed by atoms with van der Waals surface area (Å²) in [6.07, 6.45) is 8.77. The number of halogens is 3. The second kappa shape index (κ2) is 6.20. The van der Waals surface area contributed by atoms with E-state index >= 15 is 0 Å². The molecule has 0 aromatic carbocycles. The SMILES string of the molecule is CC1=CC(=O)C=C2C=C[C@H]3[C@@H]4CC[C@](O)(C(=O)CCl)[C@@]4(C)CC(Cl)[C@]3(Cl)[C@@]12C. The molecule has 0 heterocycles. The van der Waals surface area contributed by atoms with Gasteiger partial charge in [0.2, 0.25) is 0 Å². The first-order valence-corrected chi connectivity index (χ1v) is 11.1. The summed E-state index contributed by atoms with van der Waals surface area (Å²) in [5.41, 5.74) is -0.990. The minimum atomic E-state index is -1.48. The van der Waals surface area contributed by atoms with Gasteiger partial charge in [-0.2, -0.15) is 0 Å². The molecule has 2 fully saturated rings. The molecule has 1 unspecified atom stereocenters. The van der Waals surface area contributed by atoms with Crippen LogP contribution in [-0.2, 0) is 9.59 Å². The van der Waals surface area contributed by atoms with Crippen molar-refractivity contribution in [3.8, 4) is 0 Å². The highest BCUT2D eigenvalue weighted by Gasteiger charge is 2.72. The van der Waals surface area contributed by atoms with Gasteiger partial charge in [0.05, 0.1) is 16.1 Å². The molecule has 3 nitrogen and oxygen atoms in total. The molecular formula is C22H25Cl3O3. The van der Waals surface area contributed by atoms with Crippen molar-refractivity contribution < 1.29 is 14.7 Å². The second-order valence-electron chi connectivity index (χ2n) is 9.26. The van der Waals surface area contributed by atoms with Gasteiger partial charge < -0.3 is 5.11 Å². The quantitative estimate of drug-likeness (QED) is 0.636. The number of Topliss-reactive ketones (excluding diaryl/α,β-unsaturated/α-hetero) is 1. The number of aliphatic hydroxyl groups is 1. The van der Waals surface area contributed by atoms with Crippen molar-refractivity contribution in [3.05, 3.63) is 35.5 Å². The van der Waals surface area contributed by atoms with E-state index in [1.807, 2.05) is 26.0 Å². The zero-order chi connectivity index (χ0) is 20.7. The van der Waals surface area contributed by atoms with E-state index in [0.29, 0.717) is 19.3 Å². The maximum atomic E-state index is 12.6. The fraction of sp³-hybridized carbons (Fsp3) is 0.636. The number of carbonyl (C=O) groups excluding carboxylic acids is 2. The Bertz CT molecular complexity index is 861. The molecule has 0 amide bonds. The largest absolute Gasteiger partial charge is 0.381 e. The lowest BCUT2D eigenvalue weighted by atomic mass is 9.47. The van der Waals surface area contributed by atoms with E-state index in [2.05, 4.69) is 6.92 Å². The zero-order valence-corrected chi connectivity index (χ0v) is 18.5. The highest BCUT2D eigenvalue weighted by atomic mass is 35.5. The Hall–Kier alpha value is -0.610. The van der Waals surface area contributed by atoms with Gasteiger partial charge in [-0.15, -0.1) is 34.8 Å². The number of hydrogen-bond acceptors (Lipinski definition) is 3. The molecule has 0 aromatic heterocycles. The molecule has 0 spiro atoms. The van der Waals surface area contributed by atoms with Crippen LogP contribution in [-0.4, -0.2) is 38.4 Å². The maximum Gasteiger partial charge on any atom is 0.179 e. The Morgan fingerprint density at radius 1 is 1.32 bits per heavy atom. The van der Waals surface area contributed by atoms with Gasteiger partial charge >= 0.3 is 0 Å². The first kappa shape index (κ1) is 20.7. The second-order valence-corrected chi connectivity index (χ2v) is 10.7. The van der Waals surface area contributed by atoms with Crippen LogP contribution in [0.25, 0.3) is 0 Å². The Morgan fingerprint density at radius 3 is 2.64 bits per heavy atom. The number of ketones is 2. The van der Waals surface area contributed by atoms with Crippen LogP contribution in [0.15, 0.2) is 35.5 Å². The summed E-state index contributed by atoms with van der Waals surface area (Å²) in [5.74, 6) is -0.727. The first-order chi connectivity index (χ1) is 13.0. The number of carbonyl (C=O) groups is 2. The van der Waals surface area contributed by atoms with Crippen LogP contribution in [0.2, 0.25) is 0 Å². The minimum Gasteiger partial charge on any atom is -0.381 e. The summed E-state index contributed by atoms with van der Waals surface area (Å²) in [7, 11) is 0. The van der Waals surface area contributed by atoms with Crippen LogP contribution in [0.4, 0.5) is 0 Å². The molecule has 4 rings (SSSR count). The number of rotatable bonds is 2. The molecule has 152 valence electrons. The fourth-order valence-electron chi connectivity index (χ4n) is 6.55. The molecule has 6 heteroatoms. The van der Waals surface area contributed by atoms with Crippen LogP contribution in [0.1, 0.15) is 40.0 Å². The highest BCUT2D eigenvalue weighted by molar-refractivity contribution is 6.34. The van der Waals surface area contributed by atoms with Crippen molar-refractivity contribution in [1.29, 1.82) is 0 Å². The van der Waals surface area contributed by atoms with E-state index in [9.17, 15) is 14.7 Å². The summed E-state index contributed by atoms with van der Waals surface area (Å²) in [4.78, 5) is 23.8. The Balaban J connectivity index is 1.88. The van der Waals surface area contributed by atoms with E-state index in [-0.39, 0.29) is 29.3 Å². The number of hydrogen-bond donors (Lipinski definition) is 1. The predicted octanol–water partition coefficient (Wildman–Crippen LogP) is 4.58. The van der Waals surface area contributed by atoms with E-state index in [1.165, 1.54) is 0 Å². The molecule has 0 aliphatic heterocycles. The minimum absolute atomic E-state index is 0.00257. The van der Waals surface area contributed by atoms with Crippen molar-refractivity contribution in [1.82, 2.24) is 0 Å². The fourth-order valence-corrected chi connectivity index (χ4v) is 8.02.